The molecule has 0 aliphatic rings. The highest BCUT2D eigenvalue weighted by atomic mass is 16.5. The predicted molar refractivity (Wildman–Crippen MR) is 163 cm³/mol. The summed E-state index contributed by atoms with van der Waals surface area (Å²) in [6.07, 6.45) is 5.41. The molecule has 6 aromatic rings. The molecule has 2 N–H and O–H groups in total. The van der Waals surface area contributed by atoms with E-state index in [9.17, 15) is 14.8 Å². The number of aromatic nitrogens is 5. The third-order valence-electron chi connectivity index (χ3n) is 6.78. The minimum absolute atomic E-state index is 0.135. The van der Waals surface area contributed by atoms with Crippen molar-refractivity contribution in [1.82, 2.24) is 19.1 Å². The SMILES string of the molecule is CN(C(=O)/C=C/c1cccc[n+]1[O-])c1cccc(-n2c(=O)n(-c3ccc(Oc4ccccc4)cc3)c3c(N)ncnc32)c1. The van der Waals surface area contributed by atoms with Gasteiger partial charge in [-0.15, -0.1) is 0 Å². The van der Waals surface area contributed by atoms with Crippen molar-refractivity contribution in [3.05, 3.63) is 137 Å². The molecular formula is C32H25N7O4. The van der Waals surface area contributed by atoms with Crippen molar-refractivity contribution >= 4 is 34.7 Å². The van der Waals surface area contributed by atoms with Crippen LogP contribution in [0.4, 0.5) is 11.5 Å². The van der Waals surface area contributed by atoms with Gasteiger partial charge in [-0.1, -0.05) is 24.3 Å². The Kier molecular flexibility index (Phi) is 7.11. The van der Waals surface area contributed by atoms with E-state index >= 15 is 0 Å². The summed E-state index contributed by atoms with van der Waals surface area (Å²) in [6.45, 7) is 0. The van der Waals surface area contributed by atoms with E-state index in [1.807, 2.05) is 30.3 Å². The summed E-state index contributed by atoms with van der Waals surface area (Å²) >= 11 is 0. The number of amides is 1. The number of nitrogen functional groups attached to an aromatic ring is 1. The number of imidazole rings is 1. The summed E-state index contributed by atoms with van der Waals surface area (Å²) in [5.41, 5.74) is 8.35. The summed E-state index contributed by atoms with van der Waals surface area (Å²) in [7, 11) is 1.60. The van der Waals surface area contributed by atoms with Crippen LogP contribution in [-0.4, -0.2) is 32.1 Å². The molecule has 3 aromatic carbocycles. The van der Waals surface area contributed by atoms with Gasteiger partial charge in [0, 0.05) is 37.0 Å². The van der Waals surface area contributed by atoms with E-state index in [1.54, 1.807) is 73.8 Å². The summed E-state index contributed by atoms with van der Waals surface area (Å²) in [6, 6.07) is 28.2. The molecular weight excluding hydrogens is 546 g/mol. The van der Waals surface area contributed by atoms with Gasteiger partial charge in [-0.25, -0.2) is 19.3 Å². The maximum Gasteiger partial charge on any atom is 0.339 e. The van der Waals surface area contributed by atoms with Crippen LogP contribution in [0.1, 0.15) is 5.69 Å². The van der Waals surface area contributed by atoms with Crippen LogP contribution in [0.2, 0.25) is 0 Å². The molecule has 0 saturated carbocycles. The highest BCUT2D eigenvalue weighted by Gasteiger charge is 2.21. The molecule has 212 valence electrons. The third kappa shape index (κ3) is 5.30. The summed E-state index contributed by atoms with van der Waals surface area (Å²) in [5, 5.41) is 11.9. The van der Waals surface area contributed by atoms with Crippen LogP contribution in [0.3, 0.4) is 0 Å². The molecule has 0 fully saturated rings. The number of hydrogen-bond acceptors (Lipinski definition) is 7. The van der Waals surface area contributed by atoms with E-state index in [1.165, 1.54) is 38.7 Å². The smallest absolute Gasteiger partial charge is 0.339 e. The van der Waals surface area contributed by atoms with Gasteiger partial charge in [-0.3, -0.25) is 9.36 Å². The maximum absolute atomic E-state index is 14.0. The number of rotatable bonds is 7. The molecule has 6 rings (SSSR count). The van der Waals surface area contributed by atoms with E-state index in [-0.39, 0.29) is 11.7 Å². The number of fused-ring (bicyclic) bond motifs is 1. The monoisotopic (exact) mass is 571 g/mol. The van der Waals surface area contributed by atoms with Crippen molar-refractivity contribution in [2.45, 2.75) is 0 Å². The fraction of sp³-hybridized carbons (Fsp3) is 0.0312. The number of anilines is 2. The largest absolute Gasteiger partial charge is 0.618 e. The van der Waals surface area contributed by atoms with Crippen LogP contribution in [0.5, 0.6) is 11.5 Å². The van der Waals surface area contributed by atoms with Gasteiger partial charge >= 0.3 is 5.69 Å². The van der Waals surface area contributed by atoms with E-state index in [2.05, 4.69) is 9.97 Å². The Bertz CT molecular complexity index is 2030. The molecule has 0 aliphatic heterocycles. The number of likely N-dealkylation sites (N-methyl/N-ethyl adjacent to an activating group) is 1. The van der Waals surface area contributed by atoms with Crippen molar-refractivity contribution in [2.75, 3.05) is 17.7 Å². The number of para-hydroxylation sites is 1. The van der Waals surface area contributed by atoms with Gasteiger partial charge in [0.15, 0.2) is 17.7 Å². The van der Waals surface area contributed by atoms with Gasteiger partial charge in [0.2, 0.25) is 5.69 Å². The number of nitrogens with zero attached hydrogens (tertiary/aromatic N) is 6. The average Bonchev–Trinajstić information content (AvgIpc) is 3.34. The molecule has 11 nitrogen and oxygen atoms in total. The Hall–Kier alpha value is -6.23. The van der Waals surface area contributed by atoms with E-state index in [0.29, 0.717) is 50.1 Å². The second-order valence-electron chi connectivity index (χ2n) is 9.50. The molecule has 0 unspecified atom stereocenters. The van der Waals surface area contributed by atoms with Crippen LogP contribution in [0.25, 0.3) is 28.6 Å². The maximum atomic E-state index is 14.0. The van der Waals surface area contributed by atoms with E-state index in [0.717, 1.165) is 0 Å². The molecule has 11 heteroatoms. The molecule has 0 radical (unpaired) electrons. The van der Waals surface area contributed by atoms with Crippen LogP contribution in [0, 0.1) is 5.21 Å². The molecule has 0 atom stereocenters. The van der Waals surface area contributed by atoms with Crippen molar-refractivity contribution < 1.29 is 14.3 Å². The standard InChI is InChI=1S/C32H25N7O4/c1-36(28(40)18-15-22-8-5-6-19-37(22)42)24-9-7-10-25(20-24)39-31-29(30(33)34-21-35-31)38(32(39)41)23-13-16-27(17-14-23)43-26-11-3-2-4-12-26/h2-21H,1H3,(H2,33,34,35)/b18-15+. The molecule has 3 heterocycles. The highest BCUT2D eigenvalue weighted by Crippen LogP contribution is 2.27. The van der Waals surface area contributed by atoms with Gasteiger partial charge in [0.05, 0.1) is 11.4 Å². The second-order valence-corrected chi connectivity index (χ2v) is 9.50. The number of benzene rings is 3. The van der Waals surface area contributed by atoms with E-state index in [4.69, 9.17) is 10.5 Å². The van der Waals surface area contributed by atoms with Crippen LogP contribution >= 0.6 is 0 Å². The van der Waals surface area contributed by atoms with Crippen molar-refractivity contribution in [3.63, 3.8) is 0 Å². The number of ether oxygens (including phenoxy) is 1. The first-order chi connectivity index (χ1) is 20.9. The molecule has 0 bridgehead atoms. The lowest BCUT2D eigenvalue weighted by molar-refractivity contribution is -0.607. The molecule has 0 saturated heterocycles. The van der Waals surface area contributed by atoms with Gasteiger partial charge in [-0.2, -0.15) is 4.73 Å². The quantitative estimate of drug-likeness (QED) is 0.172. The first kappa shape index (κ1) is 27.0. The number of carbonyl (C=O) groups excluding carboxylic acids is 1. The molecule has 43 heavy (non-hydrogen) atoms. The molecule has 0 aliphatic carbocycles. The summed E-state index contributed by atoms with van der Waals surface area (Å²) in [5.74, 6) is 1.06. The fourth-order valence-corrected chi connectivity index (χ4v) is 4.61. The number of pyridine rings is 1. The Morgan fingerprint density at radius 2 is 1.65 bits per heavy atom. The molecule has 1 amide bonds. The van der Waals surface area contributed by atoms with Crippen molar-refractivity contribution in [1.29, 1.82) is 0 Å². The number of nitrogens with two attached hydrogens (primary N) is 1. The molecule has 3 aromatic heterocycles. The topological polar surface area (TPSA) is 135 Å². The van der Waals surface area contributed by atoms with Gasteiger partial charge in [-0.05, 0) is 60.7 Å². The van der Waals surface area contributed by atoms with Gasteiger partial charge in [0.25, 0.3) is 5.91 Å². The minimum Gasteiger partial charge on any atom is -0.618 e. The van der Waals surface area contributed by atoms with Gasteiger partial charge in [0.1, 0.15) is 23.3 Å². The predicted octanol–water partition coefficient (Wildman–Crippen LogP) is 4.26. The Morgan fingerprint density at radius 1 is 0.907 bits per heavy atom. The summed E-state index contributed by atoms with van der Waals surface area (Å²) in [4.78, 5) is 36.8. The van der Waals surface area contributed by atoms with Crippen LogP contribution in [0.15, 0.2) is 120 Å². The first-order valence-corrected chi connectivity index (χ1v) is 13.2. The lowest BCUT2D eigenvalue weighted by atomic mass is 10.2. The second kappa shape index (κ2) is 11.3. The number of hydrogen-bond donors (Lipinski definition) is 1. The highest BCUT2D eigenvalue weighted by molar-refractivity contribution is 6.03. The van der Waals surface area contributed by atoms with E-state index < -0.39 is 5.69 Å². The fourth-order valence-electron chi connectivity index (χ4n) is 4.61. The Morgan fingerprint density at radius 3 is 2.42 bits per heavy atom. The first-order valence-electron chi connectivity index (χ1n) is 13.2. The third-order valence-corrected chi connectivity index (χ3v) is 6.78. The van der Waals surface area contributed by atoms with Crippen LogP contribution < -0.4 is 25.8 Å². The Balaban J connectivity index is 1.36. The normalized spacial score (nSPS) is 11.2. The zero-order valence-corrected chi connectivity index (χ0v) is 22.9. The zero-order valence-electron chi connectivity index (χ0n) is 22.9. The van der Waals surface area contributed by atoms with Crippen LogP contribution in [-0.2, 0) is 4.79 Å². The van der Waals surface area contributed by atoms with Gasteiger partial charge < -0.3 is 20.6 Å². The zero-order chi connectivity index (χ0) is 29.9. The average molecular weight is 572 g/mol. The number of carbonyl (C=O) groups is 1. The van der Waals surface area contributed by atoms with Crippen molar-refractivity contribution in [2.24, 2.45) is 0 Å². The van der Waals surface area contributed by atoms with Crippen molar-refractivity contribution in [3.8, 4) is 22.9 Å². The lowest BCUT2D eigenvalue weighted by Gasteiger charge is -2.16. The molecule has 0 spiro atoms. The summed E-state index contributed by atoms with van der Waals surface area (Å²) < 4.78 is 9.43. The Labute approximate surface area is 245 Å². The lowest BCUT2D eigenvalue weighted by Crippen LogP contribution is -2.29. The minimum atomic E-state index is -0.422.